The highest BCUT2D eigenvalue weighted by molar-refractivity contribution is 5.85. The van der Waals surface area contributed by atoms with Crippen LogP contribution in [0.4, 0.5) is 10.5 Å². The lowest BCUT2D eigenvalue weighted by molar-refractivity contribution is 0.0636. The van der Waals surface area contributed by atoms with Crippen LogP contribution in [0.25, 0.3) is 4.85 Å². The van der Waals surface area contributed by atoms with Crippen molar-refractivity contribution in [1.29, 1.82) is 0 Å². The summed E-state index contributed by atoms with van der Waals surface area (Å²) in [4.78, 5) is 15.0. The molecule has 0 bridgehead atoms. The van der Waals surface area contributed by atoms with Gasteiger partial charge in [-0.1, -0.05) is 0 Å². The standard InChI is InChI=1S/C15H20N2O3/c1-15(2,3)20-14(18)17-12-6-7-13(19-5)11(10-12)8-9-16-4/h6-7,10H,8-9H2,1-3,5H3,(H,17,18). The van der Waals surface area contributed by atoms with Crippen LogP contribution in [0.2, 0.25) is 0 Å². The fraction of sp³-hybridized carbons (Fsp3) is 0.467. The predicted molar refractivity (Wildman–Crippen MR) is 78.0 cm³/mol. The van der Waals surface area contributed by atoms with Gasteiger partial charge in [-0.3, -0.25) is 5.32 Å². The van der Waals surface area contributed by atoms with Crippen molar-refractivity contribution in [3.8, 4) is 5.75 Å². The minimum absolute atomic E-state index is 0.381. The molecule has 108 valence electrons. The molecule has 1 rings (SSSR count). The van der Waals surface area contributed by atoms with Crippen LogP contribution in [0.15, 0.2) is 18.2 Å². The summed E-state index contributed by atoms with van der Waals surface area (Å²) < 4.78 is 10.4. The van der Waals surface area contributed by atoms with E-state index in [4.69, 9.17) is 16.0 Å². The van der Waals surface area contributed by atoms with Crippen molar-refractivity contribution < 1.29 is 14.3 Å². The number of carbonyl (C=O) groups is 1. The molecular formula is C15H20N2O3. The lowest BCUT2D eigenvalue weighted by atomic mass is 10.1. The summed E-state index contributed by atoms with van der Waals surface area (Å²) in [6.45, 7) is 12.6. The van der Waals surface area contributed by atoms with Gasteiger partial charge in [-0.25, -0.2) is 11.4 Å². The molecule has 5 heteroatoms. The van der Waals surface area contributed by atoms with Gasteiger partial charge in [0, 0.05) is 17.7 Å². The van der Waals surface area contributed by atoms with Crippen LogP contribution in [0.5, 0.6) is 5.75 Å². The molecule has 20 heavy (non-hydrogen) atoms. The third-order valence-electron chi connectivity index (χ3n) is 2.42. The van der Waals surface area contributed by atoms with Gasteiger partial charge in [-0.2, -0.15) is 0 Å². The first-order valence-corrected chi connectivity index (χ1v) is 6.36. The quantitative estimate of drug-likeness (QED) is 0.856. The van der Waals surface area contributed by atoms with Crippen molar-refractivity contribution in [3.63, 3.8) is 0 Å². The Kier molecular flexibility index (Phi) is 5.39. The van der Waals surface area contributed by atoms with Gasteiger partial charge in [0.25, 0.3) is 0 Å². The maximum absolute atomic E-state index is 11.7. The number of hydrogen-bond donors (Lipinski definition) is 1. The molecule has 0 aliphatic heterocycles. The molecule has 0 saturated carbocycles. The zero-order valence-electron chi connectivity index (χ0n) is 12.3. The molecule has 0 radical (unpaired) electrons. The number of ether oxygens (including phenoxy) is 2. The van der Waals surface area contributed by atoms with Gasteiger partial charge in [0.05, 0.1) is 7.11 Å². The van der Waals surface area contributed by atoms with Gasteiger partial charge in [0.15, 0.2) is 0 Å². The lowest BCUT2D eigenvalue weighted by Gasteiger charge is -2.20. The Bertz CT molecular complexity index is 513. The Labute approximate surface area is 119 Å². The molecule has 0 spiro atoms. The van der Waals surface area contributed by atoms with Crippen LogP contribution in [-0.4, -0.2) is 25.3 Å². The van der Waals surface area contributed by atoms with Gasteiger partial charge in [-0.15, -0.1) is 0 Å². The van der Waals surface area contributed by atoms with Crippen LogP contribution in [0.1, 0.15) is 26.3 Å². The third kappa shape index (κ3) is 5.19. The van der Waals surface area contributed by atoms with Crippen LogP contribution in [-0.2, 0) is 11.2 Å². The molecule has 5 nitrogen and oxygen atoms in total. The largest absolute Gasteiger partial charge is 0.496 e. The van der Waals surface area contributed by atoms with Crippen LogP contribution in [0.3, 0.4) is 0 Å². The molecule has 0 atom stereocenters. The van der Waals surface area contributed by atoms with E-state index in [-0.39, 0.29) is 0 Å². The maximum atomic E-state index is 11.7. The van der Waals surface area contributed by atoms with Gasteiger partial charge in [-0.05, 0) is 39.0 Å². The van der Waals surface area contributed by atoms with Gasteiger partial charge >= 0.3 is 6.09 Å². The first-order chi connectivity index (χ1) is 9.35. The van der Waals surface area contributed by atoms with E-state index >= 15 is 0 Å². The minimum Gasteiger partial charge on any atom is -0.496 e. The molecule has 0 aliphatic rings. The summed E-state index contributed by atoms with van der Waals surface area (Å²) in [5, 5.41) is 2.67. The van der Waals surface area contributed by atoms with E-state index in [0.29, 0.717) is 24.4 Å². The Hall–Kier alpha value is -2.22. The number of nitrogens with zero attached hydrogens (tertiary/aromatic N) is 1. The van der Waals surface area contributed by atoms with E-state index in [1.165, 1.54) is 0 Å². The smallest absolute Gasteiger partial charge is 0.412 e. The van der Waals surface area contributed by atoms with E-state index in [2.05, 4.69) is 10.2 Å². The summed E-state index contributed by atoms with van der Waals surface area (Å²) in [6, 6.07) is 5.31. The van der Waals surface area contributed by atoms with E-state index < -0.39 is 11.7 Å². The molecule has 0 unspecified atom stereocenters. The number of amides is 1. The second-order valence-corrected chi connectivity index (χ2v) is 5.29. The van der Waals surface area contributed by atoms with Gasteiger partial charge < -0.3 is 14.3 Å². The van der Waals surface area contributed by atoms with E-state index in [1.54, 1.807) is 25.3 Å². The van der Waals surface area contributed by atoms with Crippen molar-refractivity contribution in [2.75, 3.05) is 19.0 Å². The molecule has 0 aliphatic carbocycles. The molecule has 0 aromatic heterocycles. The van der Waals surface area contributed by atoms with Crippen molar-refractivity contribution in [1.82, 2.24) is 0 Å². The van der Waals surface area contributed by atoms with E-state index in [9.17, 15) is 4.79 Å². The number of hydrogen-bond acceptors (Lipinski definition) is 3. The molecule has 1 amide bonds. The molecule has 1 aromatic carbocycles. The van der Waals surface area contributed by atoms with E-state index in [0.717, 1.165) is 5.56 Å². The Morgan fingerprint density at radius 2 is 2.10 bits per heavy atom. The molecule has 0 saturated heterocycles. The maximum Gasteiger partial charge on any atom is 0.412 e. The van der Waals surface area contributed by atoms with Crippen molar-refractivity contribution in [2.24, 2.45) is 0 Å². The van der Waals surface area contributed by atoms with Crippen molar-refractivity contribution >= 4 is 11.8 Å². The van der Waals surface area contributed by atoms with Crippen LogP contribution < -0.4 is 10.1 Å². The van der Waals surface area contributed by atoms with Crippen molar-refractivity contribution in [3.05, 3.63) is 35.2 Å². The molecule has 1 N–H and O–H groups in total. The lowest BCUT2D eigenvalue weighted by Crippen LogP contribution is -2.27. The zero-order chi connectivity index (χ0) is 15.2. The fourth-order valence-corrected chi connectivity index (χ4v) is 1.65. The first kappa shape index (κ1) is 15.8. The molecular weight excluding hydrogens is 256 g/mol. The average Bonchev–Trinajstić information content (AvgIpc) is 2.34. The number of rotatable bonds is 4. The highest BCUT2D eigenvalue weighted by Gasteiger charge is 2.16. The number of methoxy groups -OCH3 is 1. The van der Waals surface area contributed by atoms with Crippen LogP contribution in [0, 0.1) is 6.57 Å². The van der Waals surface area contributed by atoms with Gasteiger partial charge in [0.2, 0.25) is 6.54 Å². The van der Waals surface area contributed by atoms with E-state index in [1.807, 2.05) is 20.8 Å². The second kappa shape index (κ2) is 6.80. The normalized spacial score (nSPS) is 10.6. The van der Waals surface area contributed by atoms with Crippen molar-refractivity contribution in [2.45, 2.75) is 32.8 Å². The minimum atomic E-state index is -0.538. The van der Waals surface area contributed by atoms with Gasteiger partial charge in [0.1, 0.15) is 11.4 Å². The Morgan fingerprint density at radius 3 is 2.65 bits per heavy atom. The summed E-state index contributed by atoms with van der Waals surface area (Å²) >= 11 is 0. The number of anilines is 1. The monoisotopic (exact) mass is 276 g/mol. The SMILES string of the molecule is [C-]#[N+]CCc1cc(NC(=O)OC(C)(C)C)ccc1OC. The Balaban J connectivity index is 2.81. The Morgan fingerprint density at radius 1 is 1.40 bits per heavy atom. The third-order valence-corrected chi connectivity index (χ3v) is 2.42. The average molecular weight is 276 g/mol. The molecule has 0 heterocycles. The zero-order valence-corrected chi connectivity index (χ0v) is 12.3. The summed E-state index contributed by atoms with van der Waals surface area (Å²) in [5.41, 5.74) is 0.973. The number of benzene rings is 1. The highest BCUT2D eigenvalue weighted by atomic mass is 16.6. The summed E-state index contributed by atoms with van der Waals surface area (Å²) in [5.74, 6) is 0.711. The topological polar surface area (TPSA) is 51.9 Å². The summed E-state index contributed by atoms with van der Waals surface area (Å²) in [7, 11) is 1.58. The molecule has 0 fully saturated rings. The highest BCUT2D eigenvalue weighted by Crippen LogP contribution is 2.23. The fourth-order valence-electron chi connectivity index (χ4n) is 1.65. The summed E-state index contributed by atoms with van der Waals surface area (Å²) in [6.07, 6.45) is 0.0788. The number of carbonyl (C=O) groups excluding carboxylic acids is 1. The predicted octanol–water partition coefficient (Wildman–Crippen LogP) is 3.50. The number of nitrogens with one attached hydrogen (secondary N) is 1. The molecule has 1 aromatic rings. The first-order valence-electron chi connectivity index (χ1n) is 6.36. The second-order valence-electron chi connectivity index (χ2n) is 5.29. The van der Waals surface area contributed by atoms with Crippen LogP contribution >= 0.6 is 0 Å².